The van der Waals surface area contributed by atoms with Crippen molar-refractivity contribution in [1.82, 2.24) is 9.88 Å². The first-order valence-electron chi connectivity index (χ1n) is 10.8. The number of likely N-dealkylation sites (N-methyl/N-ethyl adjacent to an activating group) is 1. The minimum absolute atomic E-state index is 0.0659. The summed E-state index contributed by atoms with van der Waals surface area (Å²) in [5, 5.41) is 9.44. The van der Waals surface area contributed by atoms with E-state index < -0.39 is 11.3 Å². The molecule has 3 aromatic heterocycles. The Morgan fingerprint density at radius 1 is 1.00 bits per heavy atom. The summed E-state index contributed by atoms with van der Waals surface area (Å²) in [6.07, 6.45) is 0. The van der Waals surface area contributed by atoms with E-state index in [0.29, 0.717) is 28.2 Å². The van der Waals surface area contributed by atoms with Crippen LogP contribution < -0.4 is 20.9 Å². The van der Waals surface area contributed by atoms with Crippen LogP contribution in [-0.4, -0.2) is 60.9 Å². The first-order chi connectivity index (χ1) is 16.1. The predicted octanol–water partition coefficient (Wildman–Crippen LogP) is 2.07. The molecule has 0 aliphatic carbocycles. The van der Waals surface area contributed by atoms with E-state index in [1.165, 1.54) is 0 Å². The summed E-state index contributed by atoms with van der Waals surface area (Å²) in [5.74, 6) is 1.08. The Labute approximate surface area is 187 Å². The number of piperazine rings is 1. The van der Waals surface area contributed by atoms with E-state index in [0.717, 1.165) is 38.3 Å². The van der Waals surface area contributed by atoms with E-state index in [2.05, 4.69) is 16.7 Å². The highest BCUT2D eigenvalue weighted by Gasteiger charge is 2.25. The van der Waals surface area contributed by atoms with E-state index in [9.17, 15) is 9.59 Å². The Hall–Kier alpha value is -3.63. The van der Waals surface area contributed by atoms with Gasteiger partial charge in [0.15, 0.2) is 11.4 Å². The zero-order chi connectivity index (χ0) is 22.9. The molecule has 1 aliphatic rings. The van der Waals surface area contributed by atoms with Gasteiger partial charge in [0, 0.05) is 31.7 Å². The summed E-state index contributed by atoms with van der Waals surface area (Å²) in [4.78, 5) is 32.8. The molecule has 0 atom stereocenters. The monoisotopic (exact) mass is 453 g/mol. The first-order valence-corrected chi connectivity index (χ1v) is 10.8. The van der Waals surface area contributed by atoms with Crippen molar-refractivity contribution in [3.63, 3.8) is 0 Å². The second-order valence-corrected chi connectivity index (χ2v) is 7.72. The summed E-state index contributed by atoms with van der Waals surface area (Å²) in [5.41, 5.74) is -0.275. The van der Waals surface area contributed by atoms with Crippen molar-refractivity contribution in [1.29, 1.82) is 0 Å². The molecule has 172 valence electrons. The normalized spacial score (nSPS) is 14.9. The number of ether oxygens (including phenoxy) is 1. The van der Waals surface area contributed by atoms with Gasteiger partial charge in [-0.2, -0.15) is 0 Å². The molecule has 1 aromatic carbocycles. The molecule has 0 unspecified atom stereocenters. The predicted molar refractivity (Wildman–Crippen MR) is 121 cm³/mol. The molecule has 1 aliphatic heterocycles. The number of anilines is 1. The van der Waals surface area contributed by atoms with E-state index in [1.807, 2.05) is 12.1 Å². The standard InChI is InChI=1S/C23H23N3O7/c1-2-25-7-9-26(10-8-25)20-18-16(19-23(32-18)33-22(29)21(28)31-19)13-17(24-20)14-3-5-15(6-4-14)30-12-11-27/h3-6,13,27H,2,7-12H2,1H3. The fourth-order valence-corrected chi connectivity index (χ4v) is 3.99. The van der Waals surface area contributed by atoms with Crippen LogP contribution in [0.15, 0.2) is 53.2 Å². The van der Waals surface area contributed by atoms with Gasteiger partial charge in [0.1, 0.15) is 12.4 Å². The van der Waals surface area contributed by atoms with Crippen molar-refractivity contribution >= 4 is 28.1 Å². The van der Waals surface area contributed by atoms with Crippen LogP contribution in [0.5, 0.6) is 5.75 Å². The van der Waals surface area contributed by atoms with Gasteiger partial charge in [-0.3, -0.25) is 0 Å². The molecule has 10 heteroatoms. The molecule has 0 radical (unpaired) electrons. The number of fused-ring (bicyclic) bond motifs is 3. The van der Waals surface area contributed by atoms with Crippen molar-refractivity contribution in [3.8, 4) is 17.0 Å². The molecule has 1 saturated heterocycles. The molecule has 0 saturated carbocycles. The van der Waals surface area contributed by atoms with Crippen molar-refractivity contribution in [2.75, 3.05) is 50.8 Å². The molecule has 0 spiro atoms. The number of aliphatic hydroxyl groups excluding tert-OH is 1. The summed E-state index contributed by atoms with van der Waals surface area (Å²) in [6, 6.07) is 9.06. The maximum absolute atomic E-state index is 11.8. The fraction of sp³-hybridized carbons (Fsp3) is 0.348. The largest absolute Gasteiger partial charge is 0.491 e. The highest BCUT2D eigenvalue weighted by molar-refractivity contribution is 6.05. The van der Waals surface area contributed by atoms with Crippen LogP contribution in [0.3, 0.4) is 0 Å². The average molecular weight is 453 g/mol. The Morgan fingerprint density at radius 3 is 2.42 bits per heavy atom. The van der Waals surface area contributed by atoms with Gasteiger partial charge in [-0.1, -0.05) is 6.92 Å². The van der Waals surface area contributed by atoms with E-state index in [4.69, 9.17) is 28.1 Å². The van der Waals surface area contributed by atoms with Crippen LogP contribution >= 0.6 is 0 Å². The van der Waals surface area contributed by atoms with E-state index >= 15 is 0 Å². The van der Waals surface area contributed by atoms with Crippen molar-refractivity contribution in [2.24, 2.45) is 0 Å². The van der Waals surface area contributed by atoms with Crippen LogP contribution in [-0.2, 0) is 0 Å². The second kappa shape index (κ2) is 8.72. The average Bonchev–Trinajstić information content (AvgIpc) is 3.20. The third-order valence-electron chi connectivity index (χ3n) is 5.76. The molecule has 10 nitrogen and oxygen atoms in total. The summed E-state index contributed by atoms with van der Waals surface area (Å²) < 4.78 is 21.5. The zero-order valence-corrected chi connectivity index (χ0v) is 18.1. The second-order valence-electron chi connectivity index (χ2n) is 7.72. The quantitative estimate of drug-likeness (QED) is 0.434. The number of furan rings is 1. The Morgan fingerprint density at radius 2 is 1.73 bits per heavy atom. The lowest BCUT2D eigenvalue weighted by Gasteiger charge is -2.34. The summed E-state index contributed by atoms with van der Waals surface area (Å²) in [6.45, 7) is 6.51. The molecule has 4 heterocycles. The SMILES string of the molecule is CCN1CCN(c2nc(-c3ccc(OCCO)cc3)cc3c2oc2oc(=O)c(=O)oc23)CC1. The number of benzene rings is 1. The molecule has 33 heavy (non-hydrogen) atoms. The van der Waals surface area contributed by atoms with Gasteiger partial charge in [-0.15, -0.1) is 0 Å². The highest BCUT2D eigenvalue weighted by Crippen LogP contribution is 2.36. The van der Waals surface area contributed by atoms with Gasteiger partial charge in [0.2, 0.25) is 5.58 Å². The lowest BCUT2D eigenvalue weighted by Crippen LogP contribution is -2.46. The third-order valence-corrected chi connectivity index (χ3v) is 5.76. The molecular formula is C23H23N3O7. The molecule has 0 amide bonds. The van der Waals surface area contributed by atoms with Crippen LogP contribution in [0.25, 0.3) is 33.6 Å². The number of nitrogens with zero attached hydrogens (tertiary/aromatic N) is 3. The van der Waals surface area contributed by atoms with Crippen LogP contribution in [0.2, 0.25) is 0 Å². The van der Waals surface area contributed by atoms with Gasteiger partial charge in [0.05, 0.1) is 17.7 Å². The summed E-state index contributed by atoms with van der Waals surface area (Å²) in [7, 11) is 0. The third kappa shape index (κ3) is 3.98. The Kier molecular flexibility index (Phi) is 5.61. The zero-order valence-electron chi connectivity index (χ0n) is 18.1. The van der Waals surface area contributed by atoms with Crippen LogP contribution in [0, 0.1) is 0 Å². The number of hydrogen-bond donors (Lipinski definition) is 1. The maximum atomic E-state index is 11.8. The van der Waals surface area contributed by atoms with Gasteiger partial charge < -0.3 is 32.9 Å². The van der Waals surface area contributed by atoms with Crippen molar-refractivity contribution in [3.05, 3.63) is 51.2 Å². The van der Waals surface area contributed by atoms with Gasteiger partial charge >= 0.3 is 17.0 Å². The Bertz CT molecular complexity index is 1400. The summed E-state index contributed by atoms with van der Waals surface area (Å²) >= 11 is 0. The van der Waals surface area contributed by atoms with Crippen molar-refractivity contribution in [2.45, 2.75) is 6.92 Å². The lowest BCUT2D eigenvalue weighted by molar-refractivity contribution is 0.201. The minimum atomic E-state index is -1.12. The fourth-order valence-electron chi connectivity index (χ4n) is 3.99. The molecule has 1 fully saturated rings. The minimum Gasteiger partial charge on any atom is -0.491 e. The van der Waals surface area contributed by atoms with Gasteiger partial charge in [-0.25, -0.2) is 14.6 Å². The highest BCUT2D eigenvalue weighted by atomic mass is 16.5. The van der Waals surface area contributed by atoms with E-state index in [-0.39, 0.29) is 24.6 Å². The van der Waals surface area contributed by atoms with Gasteiger partial charge in [0.25, 0.3) is 0 Å². The molecule has 1 N–H and O–H groups in total. The van der Waals surface area contributed by atoms with E-state index in [1.54, 1.807) is 18.2 Å². The number of pyridine rings is 1. The number of rotatable bonds is 6. The lowest BCUT2D eigenvalue weighted by atomic mass is 10.1. The molecule has 5 rings (SSSR count). The molecule has 0 bridgehead atoms. The number of aromatic nitrogens is 1. The number of hydrogen-bond acceptors (Lipinski definition) is 10. The van der Waals surface area contributed by atoms with Crippen molar-refractivity contribution < 1.29 is 23.1 Å². The molecule has 4 aromatic rings. The van der Waals surface area contributed by atoms with Crippen LogP contribution in [0.1, 0.15) is 6.92 Å². The maximum Gasteiger partial charge on any atom is 0.425 e. The van der Waals surface area contributed by atoms with Gasteiger partial charge in [-0.05, 0) is 36.9 Å². The molecular weight excluding hydrogens is 430 g/mol. The topological polar surface area (TPSA) is 122 Å². The Balaban J connectivity index is 1.65. The first kappa shape index (κ1) is 21.2. The number of aliphatic hydroxyl groups is 1. The van der Waals surface area contributed by atoms with Crippen LogP contribution in [0.4, 0.5) is 5.82 Å². The smallest absolute Gasteiger partial charge is 0.425 e.